The maximum atomic E-state index is 6.89. The summed E-state index contributed by atoms with van der Waals surface area (Å²) >= 11 is 0. The summed E-state index contributed by atoms with van der Waals surface area (Å²) < 4.78 is 25.8. The van der Waals surface area contributed by atoms with Crippen molar-refractivity contribution in [3.8, 4) is 0 Å². The Balaban J connectivity index is 3.45. The smallest absolute Gasteiger partial charge is 0.318 e. The van der Waals surface area contributed by atoms with E-state index in [0.29, 0.717) is 19.8 Å². The van der Waals surface area contributed by atoms with Gasteiger partial charge < -0.3 is 18.9 Å². The molecule has 4 heteroatoms. The van der Waals surface area contributed by atoms with Crippen LogP contribution in [0.4, 0.5) is 0 Å². The largest absolute Gasteiger partial charge is 0.356 e. The van der Waals surface area contributed by atoms with E-state index in [0.717, 1.165) is 24.8 Å². The predicted molar refractivity (Wildman–Crippen MR) is 125 cm³/mol. The fourth-order valence-electron chi connectivity index (χ4n) is 4.08. The topological polar surface area (TPSA) is 36.9 Å². The molecule has 1 aromatic carbocycles. The van der Waals surface area contributed by atoms with Gasteiger partial charge >= 0.3 is 5.97 Å². The molecule has 1 unspecified atom stereocenters. The van der Waals surface area contributed by atoms with Gasteiger partial charge in [-0.2, -0.15) is 0 Å². The third kappa shape index (κ3) is 7.64. The first-order chi connectivity index (χ1) is 14.3. The van der Waals surface area contributed by atoms with Crippen molar-refractivity contribution in [3.05, 3.63) is 35.9 Å². The second-order valence-electron chi connectivity index (χ2n) is 8.78. The molecule has 0 aromatic heterocycles. The minimum absolute atomic E-state index is 0.408. The summed E-state index contributed by atoms with van der Waals surface area (Å²) in [6.07, 6.45) is 8.00. The van der Waals surface area contributed by atoms with Gasteiger partial charge in [0.05, 0.1) is 5.60 Å². The molecule has 0 radical (unpaired) electrons. The Hall–Kier alpha value is -0.940. The van der Waals surface area contributed by atoms with Crippen LogP contribution in [0.25, 0.3) is 0 Å². The fraction of sp³-hybridized carbons (Fsp3) is 0.769. The summed E-state index contributed by atoms with van der Waals surface area (Å²) in [7, 11) is 0. The normalized spacial score (nSPS) is 14.6. The molecule has 1 atom stereocenters. The van der Waals surface area contributed by atoms with Gasteiger partial charge in [-0.3, -0.25) is 0 Å². The molecule has 0 aliphatic rings. The van der Waals surface area contributed by atoms with Gasteiger partial charge in [-0.25, -0.2) is 0 Å². The van der Waals surface area contributed by atoms with Crippen molar-refractivity contribution in [3.63, 3.8) is 0 Å². The molecule has 1 aromatic rings. The second kappa shape index (κ2) is 13.5. The van der Waals surface area contributed by atoms with Gasteiger partial charge in [0.2, 0.25) is 0 Å². The molecule has 174 valence electrons. The summed E-state index contributed by atoms with van der Waals surface area (Å²) in [6, 6.07) is 10.3. The molecule has 0 saturated heterocycles. The molecule has 1 rings (SSSR count). The maximum Gasteiger partial charge on any atom is 0.318 e. The molecule has 0 N–H and O–H groups in total. The van der Waals surface area contributed by atoms with Crippen LogP contribution in [0.15, 0.2) is 30.3 Å². The zero-order chi connectivity index (χ0) is 22.5. The second-order valence-corrected chi connectivity index (χ2v) is 8.78. The first-order valence-electron chi connectivity index (χ1n) is 12.0. The summed E-state index contributed by atoms with van der Waals surface area (Å²) in [4.78, 5) is 0. The molecule has 4 nitrogen and oxygen atoms in total. The highest BCUT2D eigenvalue weighted by atomic mass is 16.9. The number of ether oxygens (including phenoxy) is 4. The highest BCUT2D eigenvalue weighted by Crippen LogP contribution is 2.47. The maximum absolute atomic E-state index is 6.89. The summed E-state index contributed by atoms with van der Waals surface area (Å²) in [6.45, 7) is 15.8. The van der Waals surface area contributed by atoms with Crippen LogP contribution in [0.5, 0.6) is 0 Å². The van der Waals surface area contributed by atoms with Crippen LogP contribution >= 0.6 is 0 Å². The van der Waals surface area contributed by atoms with Gasteiger partial charge in [-0.15, -0.1) is 0 Å². The lowest BCUT2D eigenvalue weighted by atomic mass is 9.84. The molecular formula is C26H46O4. The Labute approximate surface area is 185 Å². The number of unbranched alkanes of at least 4 members (excludes halogenated alkanes) is 5. The standard InChI is InChI=1S/C26H46O4/c1-8-12-13-14-15-19-22-25(30-24(5,6)7,23-20-17-16-18-21-23)26(27-9-2,28-10-3)29-11-4/h16-18,20-21H,8-15,19,22H2,1-7H3. The van der Waals surface area contributed by atoms with Gasteiger partial charge in [0.25, 0.3) is 0 Å². The van der Waals surface area contributed by atoms with Crippen LogP contribution in [0, 0.1) is 0 Å². The van der Waals surface area contributed by atoms with Gasteiger partial charge in [0, 0.05) is 19.8 Å². The Kier molecular flexibility index (Phi) is 12.2. The van der Waals surface area contributed by atoms with E-state index < -0.39 is 17.2 Å². The summed E-state index contributed by atoms with van der Waals surface area (Å²) in [5.41, 5.74) is -0.252. The van der Waals surface area contributed by atoms with Crippen LogP contribution in [0.2, 0.25) is 0 Å². The average molecular weight is 423 g/mol. The zero-order valence-corrected chi connectivity index (χ0v) is 20.6. The van der Waals surface area contributed by atoms with Crippen molar-refractivity contribution in [1.29, 1.82) is 0 Å². The molecule has 0 fully saturated rings. The molecule has 0 aliphatic heterocycles. The molecule has 0 heterocycles. The third-order valence-corrected chi connectivity index (χ3v) is 5.10. The van der Waals surface area contributed by atoms with E-state index in [4.69, 9.17) is 18.9 Å². The third-order valence-electron chi connectivity index (χ3n) is 5.10. The lowest BCUT2D eigenvalue weighted by Crippen LogP contribution is -2.61. The molecule has 0 spiro atoms. The Morgan fingerprint density at radius 1 is 0.667 bits per heavy atom. The average Bonchev–Trinajstić information content (AvgIpc) is 2.70. The zero-order valence-electron chi connectivity index (χ0n) is 20.6. The highest BCUT2D eigenvalue weighted by Gasteiger charge is 2.59. The number of rotatable bonds is 16. The van der Waals surface area contributed by atoms with E-state index in [9.17, 15) is 0 Å². The van der Waals surface area contributed by atoms with E-state index in [1.54, 1.807) is 0 Å². The molecular weight excluding hydrogens is 376 g/mol. The SMILES string of the molecule is CCCCCCCCC(OC(C)(C)C)(c1ccccc1)C(OCC)(OCC)OCC. The predicted octanol–water partition coefficient (Wildman–Crippen LogP) is 7.21. The van der Waals surface area contributed by atoms with Gasteiger partial charge in [-0.05, 0) is 59.9 Å². The van der Waals surface area contributed by atoms with Crippen molar-refractivity contribution >= 4 is 0 Å². The van der Waals surface area contributed by atoms with Gasteiger partial charge in [0.1, 0.15) is 0 Å². The first-order valence-corrected chi connectivity index (χ1v) is 12.0. The highest BCUT2D eigenvalue weighted by molar-refractivity contribution is 5.25. The van der Waals surface area contributed by atoms with E-state index in [-0.39, 0.29) is 0 Å². The Morgan fingerprint density at radius 3 is 1.63 bits per heavy atom. The molecule has 0 amide bonds. The number of benzene rings is 1. The Bertz CT molecular complexity index is 535. The van der Waals surface area contributed by atoms with Gasteiger partial charge in [0.15, 0.2) is 5.60 Å². The quantitative estimate of drug-likeness (QED) is 0.208. The van der Waals surface area contributed by atoms with Gasteiger partial charge in [-0.1, -0.05) is 69.4 Å². The van der Waals surface area contributed by atoms with Crippen LogP contribution in [-0.4, -0.2) is 31.4 Å². The monoisotopic (exact) mass is 422 g/mol. The van der Waals surface area contributed by atoms with Crippen molar-refractivity contribution in [2.24, 2.45) is 0 Å². The van der Waals surface area contributed by atoms with E-state index in [2.05, 4.69) is 39.8 Å². The minimum atomic E-state index is -1.30. The van der Waals surface area contributed by atoms with Crippen molar-refractivity contribution in [2.75, 3.05) is 19.8 Å². The summed E-state index contributed by atoms with van der Waals surface area (Å²) in [5.74, 6) is -1.30. The lowest BCUT2D eigenvalue weighted by molar-refractivity contribution is -0.460. The lowest BCUT2D eigenvalue weighted by Gasteiger charge is -2.50. The van der Waals surface area contributed by atoms with E-state index in [1.165, 1.54) is 25.7 Å². The fourth-order valence-corrected chi connectivity index (χ4v) is 4.08. The van der Waals surface area contributed by atoms with Crippen LogP contribution in [0.3, 0.4) is 0 Å². The van der Waals surface area contributed by atoms with Crippen molar-refractivity contribution in [2.45, 2.75) is 111 Å². The van der Waals surface area contributed by atoms with Crippen LogP contribution in [-0.2, 0) is 24.5 Å². The number of hydrogen-bond acceptors (Lipinski definition) is 4. The van der Waals surface area contributed by atoms with Crippen molar-refractivity contribution in [1.82, 2.24) is 0 Å². The summed E-state index contributed by atoms with van der Waals surface area (Å²) in [5, 5.41) is 0. The first kappa shape index (κ1) is 27.1. The number of hydrogen-bond donors (Lipinski definition) is 0. The van der Waals surface area contributed by atoms with E-state index >= 15 is 0 Å². The van der Waals surface area contributed by atoms with Crippen LogP contribution < -0.4 is 0 Å². The Morgan fingerprint density at radius 2 is 1.17 bits per heavy atom. The molecule has 30 heavy (non-hydrogen) atoms. The molecule has 0 aliphatic carbocycles. The molecule has 0 saturated carbocycles. The minimum Gasteiger partial charge on any atom is -0.356 e. The van der Waals surface area contributed by atoms with E-state index in [1.807, 2.05) is 39.0 Å². The van der Waals surface area contributed by atoms with Crippen molar-refractivity contribution < 1.29 is 18.9 Å². The molecule has 0 bridgehead atoms. The van der Waals surface area contributed by atoms with Crippen LogP contribution in [0.1, 0.15) is 99.0 Å².